The number of hydrogen-bond donors (Lipinski definition) is 1. The molecule has 0 heterocycles. The molecule has 104 valence electrons. The van der Waals surface area contributed by atoms with Crippen molar-refractivity contribution in [3.8, 4) is 6.07 Å². The van der Waals surface area contributed by atoms with Gasteiger partial charge in [0.25, 0.3) is 0 Å². The van der Waals surface area contributed by atoms with E-state index in [-0.39, 0.29) is 5.75 Å². The fourth-order valence-corrected chi connectivity index (χ4v) is 2.76. The first kappa shape index (κ1) is 15.6. The predicted molar refractivity (Wildman–Crippen MR) is 75.0 cm³/mol. The van der Waals surface area contributed by atoms with Gasteiger partial charge in [-0.15, -0.1) is 0 Å². The van der Waals surface area contributed by atoms with E-state index in [0.717, 1.165) is 13.0 Å². The van der Waals surface area contributed by atoms with Crippen LogP contribution < -0.4 is 4.72 Å². The van der Waals surface area contributed by atoms with Crippen LogP contribution in [0.25, 0.3) is 0 Å². The minimum absolute atomic E-state index is 0.0549. The van der Waals surface area contributed by atoms with Gasteiger partial charge in [-0.25, -0.2) is 13.1 Å². The molecule has 0 unspecified atom stereocenters. The summed E-state index contributed by atoms with van der Waals surface area (Å²) >= 11 is 0. The van der Waals surface area contributed by atoms with Gasteiger partial charge in [0.2, 0.25) is 10.0 Å². The Bertz CT molecular complexity index is 530. The average molecular weight is 281 g/mol. The van der Waals surface area contributed by atoms with Gasteiger partial charge in [0, 0.05) is 6.54 Å². The lowest BCUT2D eigenvalue weighted by atomic mass is 10.2. The van der Waals surface area contributed by atoms with Crippen LogP contribution in [0.1, 0.15) is 17.5 Å². The summed E-state index contributed by atoms with van der Waals surface area (Å²) in [6.07, 6.45) is 0.777. The zero-order chi connectivity index (χ0) is 14.3. The maximum atomic E-state index is 11.8. The van der Waals surface area contributed by atoms with Crippen molar-refractivity contribution in [2.24, 2.45) is 0 Å². The van der Waals surface area contributed by atoms with Gasteiger partial charge in [0.05, 0.1) is 17.4 Å². The molecule has 0 aliphatic heterocycles. The van der Waals surface area contributed by atoms with E-state index in [2.05, 4.69) is 4.72 Å². The smallest absolute Gasteiger partial charge is 0.215 e. The Kier molecular flexibility index (Phi) is 5.96. The van der Waals surface area contributed by atoms with Gasteiger partial charge in [-0.1, -0.05) is 12.1 Å². The number of rotatable bonds is 7. The second kappa shape index (κ2) is 7.24. The summed E-state index contributed by atoms with van der Waals surface area (Å²) < 4.78 is 26.2. The largest absolute Gasteiger partial charge is 0.309 e. The molecule has 0 aromatic heterocycles. The number of benzene rings is 1. The maximum Gasteiger partial charge on any atom is 0.215 e. The summed E-state index contributed by atoms with van der Waals surface area (Å²) in [5.74, 6) is -0.0549. The van der Waals surface area contributed by atoms with Crippen molar-refractivity contribution < 1.29 is 8.42 Å². The van der Waals surface area contributed by atoms with Gasteiger partial charge in [0.15, 0.2) is 0 Å². The fourth-order valence-electron chi connectivity index (χ4n) is 1.57. The highest BCUT2D eigenvalue weighted by Gasteiger charge is 2.10. The highest BCUT2D eigenvalue weighted by molar-refractivity contribution is 7.88. The highest BCUT2D eigenvalue weighted by atomic mass is 32.2. The van der Waals surface area contributed by atoms with Crippen LogP contribution in [0.15, 0.2) is 24.3 Å². The van der Waals surface area contributed by atoms with Crippen molar-refractivity contribution >= 4 is 10.0 Å². The van der Waals surface area contributed by atoms with Crippen LogP contribution in [0.4, 0.5) is 0 Å². The van der Waals surface area contributed by atoms with Crippen molar-refractivity contribution in [1.82, 2.24) is 9.62 Å². The predicted octanol–water partition coefficient (Wildman–Crippen LogP) is 0.929. The molecule has 1 rings (SSSR count). The number of hydrogen-bond acceptors (Lipinski definition) is 4. The zero-order valence-electron chi connectivity index (χ0n) is 11.3. The van der Waals surface area contributed by atoms with Crippen molar-refractivity contribution in [2.45, 2.75) is 12.2 Å². The van der Waals surface area contributed by atoms with E-state index in [4.69, 9.17) is 5.26 Å². The van der Waals surface area contributed by atoms with Crippen LogP contribution >= 0.6 is 0 Å². The molecule has 0 saturated carbocycles. The Morgan fingerprint density at radius 1 is 1.26 bits per heavy atom. The van der Waals surface area contributed by atoms with Crippen molar-refractivity contribution in [3.05, 3.63) is 35.4 Å². The monoisotopic (exact) mass is 281 g/mol. The lowest BCUT2D eigenvalue weighted by molar-refractivity contribution is 0.400. The third-order valence-electron chi connectivity index (χ3n) is 2.54. The van der Waals surface area contributed by atoms with Gasteiger partial charge in [-0.05, 0) is 44.8 Å². The van der Waals surface area contributed by atoms with Crippen molar-refractivity contribution in [2.75, 3.05) is 27.2 Å². The molecular formula is C13H19N3O2S. The number of nitriles is 1. The zero-order valence-corrected chi connectivity index (χ0v) is 12.1. The summed E-state index contributed by atoms with van der Waals surface area (Å²) in [5.41, 5.74) is 1.21. The highest BCUT2D eigenvalue weighted by Crippen LogP contribution is 2.07. The number of nitrogens with one attached hydrogen (secondary N) is 1. The minimum atomic E-state index is -3.30. The van der Waals surface area contributed by atoms with Gasteiger partial charge in [-0.3, -0.25) is 0 Å². The molecular weight excluding hydrogens is 262 g/mol. The minimum Gasteiger partial charge on any atom is -0.309 e. The molecule has 0 saturated heterocycles. The standard InChI is InChI=1S/C13H19N3O2S/c1-16(2)9-3-8-15-19(17,18)11-13-6-4-12(10-14)5-7-13/h4-7,15H,3,8-9,11H2,1-2H3. The molecule has 1 N–H and O–H groups in total. The molecule has 0 bridgehead atoms. The Morgan fingerprint density at radius 3 is 2.42 bits per heavy atom. The SMILES string of the molecule is CN(C)CCCNS(=O)(=O)Cc1ccc(C#N)cc1. The molecule has 0 amide bonds. The maximum absolute atomic E-state index is 11.8. The topological polar surface area (TPSA) is 73.2 Å². The molecule has 5 nitrogen and oxygen atoms in total. The lowest BCUT2D eigenvalue weighted by Gasteiger charge is -2.10. The third-order valence-corrected chi connectivity index (χ3v) is 3.90. The van der Waals surface area contributed by atoms with E-state index in [9.17, 15) is 8.42 Å². The summed E-state index contributed by atoms with van der Waals surface area (Å²) in [4.78, 5) is 2.01. The molecule has 6 heteroatoms. The van der Waals surface area contributed by atoms with Gasteiger partial charge in [0.1, 0.15) is 0 Å². The van der Waals surface area contributed by atoms with Crippen LogP contribution in [-0.2, 0) is 15.8 Å². The Morgan fingerprint density at radius 2 is 1.89 bits per heavy atom. The molecule has 1 aromatic carbocycles. The quantitative estimate of drug-likeness (QED) is 0.755. The normalized spacial score (nSPS) is 11.5. The second-order valence-electron chi connectivity index (χ2n) is 4.62. The second-order valence-corrected chi connectivity index (χ2v) is 6.43. The summed E-state index contributed by atoms with van der Waals surface area (Å²) in [6.45, 7) is 1.29. The van der Waals surface area contributed by atoms with E-state index in [1.54, 1.807) is 24.3 Å². The van der Waals surface area contributed by atoms with Crippen LogP contribution in [-0.4, -0.2) is 40.5 Å². The molecule has 0 aliphatic carbocycles. The molecule has 0 aliphatic rings. The molecule has 19 heavy (non-hydrogen) atoms. The Hall–Kier alpha value is -1.42. The van der Waals surface area contributed by atoms with Crippen molar-refractivity contribution in [1.29, 1.82) is 5.26 Å². The first-order valence-electron chi connectivity index (χ1n) is 6.04. The number of nitrogens with zero attached hydrogens (tertiary/aromatic N) is 2. The van der Waals surface area contributed by atoms with E-state index in [1.165, 1.54) is 0 Å². The number of sulfonamides is 1. The van der Waals surface area contributed by atoms with Crippen LogP contribution in [0.3, 0.4) is 0 Å². The lowest BCUT2D eigenvalue weighted by Crippen LogP contribution is -2.28. The third kappa shape index (κ3) is 6.34. The molecule has 0 atom stereocenters. The van der Waals surface area contributed by atoms with E-state index in [0.29, 0.717) is 17.7 Å². The van der Waals surface area contributed by atoms with E-state index in [1.807, 2.05) is 25.1 Å². The van der Waals surface area contributed by atoms with E-state index < -0.39 is 10.0 Å². The fraction of sp³-hybridized carbons (Fsp3) is 0.462. The van der Waals surface area contributed by atoms with Crippen LogP contribution in [0.5, 0.6) is 0 Å². The van der Waals surface area contributed by atoms with Gasteiger partial charge in [-0.2, -0.15) is 5.26 Å². The Labute approximate surface area is 114 Å². The molecule has 0 fully saturated rings. The van der Waals surface area contributed by atoms with E-state index >= 15 is 0 Å². The first-order valence-corrected chi connectivity index (χ1v) is 7.69. The van der Waals surface area contributed by atoms with Gasteiger partial charge >= 0.3 is 0 Å². The van der Waals surface area contributed by atoms with Crippen molar-refractivity contribution in [3.63, 3.8) is 0 Å². The van der Waals surface area contributed by atoms with Gasteiger partial charge < -0.3 is 4.90 Å². The molecule has 0 radical (unpaired) electrons. The summed E-state index contributed by atoms with van der Waals surface area (Å²) in [7, 11) is 0.596. The van der Waals surface area contributed by atoms with Crippen LogP contribution in [0.2, 0.25) is 0 Å². The van der Waals surface area contributed by atoms with Crippen LogP contribution in [0, 0.1) is 11.3 Å². The molecule has 1 aromatic rings. The first-order chi connectivity index (χ1) is 8.93. The summed E-state index contributed by atoms with van der Waals surface area (Å²) in [6, 6.07) is 8.57. The average Bonchev–Trinajstić information content (AvgIpc) is 2.35. The summed E-state index contributed by atoms with van der Waals surface area (Å²) in [5, 5.41) is 8.66. The Balaban J connectivity index is 2.47. The molecule has 0 spiro atoms.